The quantitative estimate of drug-likeness (QED) is 0.0595. The van der Waals surface area contributed by atoms with Gasteiger partial charge in [0.25, 0.3) is 0 Å². The molecule has 6 nitrogen and oxygen atoms in total. The second-order valence-electron chi connectivity index (χ2n) is 14.3. The van der Waals surface area contributed by atoms with E-state index in [-0.39, 0.29) is 28.3 Å². The zero-order valence-corrected chi connectivity index (χ0v) is 29.5. The van der Waals surface area contributed by atoms with E-state index in [9.17, 15) is 9.59 Å². The van der Waals surface area contributed by atoms with Gasteiger partial charge in [0.05, 0.1) is 19.3 Å². The lowest BCUT2D eigenvalue weighted by molar-refractivity contribution is -0.140. The molecule has 0 aliphatic heterocycles. The van der Waals surface area contributed by atoms with Crippen LogP contribution in [0.15, 0.2) is 0 Å². The molecule has 4 unspecified atom stereocenters. The van der Waals surface area contributed by atoms with Crippen molar-refractivity contribution in [3.05, 3.63) is 0 Å². The van der Waals surface area contributed by atoms with Crippen molar-refractivity contribution in [2.75, 3.05) is 7.11 Å². The minimum absolute atomic E-state index is 0.125. The summed E-state index contributed by atoms with van der Waals surface area (Å²) in [6.45, 7) is 23.2. The van der Waals surface area contributed by atoms with E-state index in [1.54, 1.807) is 0 Å². The lowest BCUT2D eigenvalue weighted by atomic mass is 9.85. The van der Waals surface area contributed by atoms with Gasteiger partial charge in [-0.1, -0.05) is 60.8 Å². The molecule has 0 spiro atoms. The molecule has 0 aromatic rings. The van der Waals surface area contributed by atoms with Crippen LogP contribution in [0.5, 0.6) is 0 Å². The highest BCUT2D eigenvalue weighted by Gasteiger charge is 2.51. The predicted molar refractivity (Wildman–Crippen MR) is 165 cm³/mol. The van der Waals surface area contributed by atoms with Crippen LogP contribution in [0.2, 0.25) is 36.3 Å². The summed E-state index contributed by atoms with van der Waals surface area (Å²) in [4.78, 5) is 23.0. The number of carbonyl (C=O) groups is 2. The SMILES string of the molecule is COC(=O)CCCCCC[C@H]1C(O[Si](C)(C)C(C)(C)C)CC(O[Si](C)(C)C(C)(C)C)[C@@H]1CCC(C=O)OP. The largest absolute Gasteiger partial charge is 0.469 e. The third-order valence-corrected chi connectivity index (χ3v) is 18.8. The van der Waals surface area contributed by atoms with E-state index in [0.29, 0.717) is 24.7 Å². The van der Waals surface area contributed by atoms with Crippen LogP contribution in [0.25, 0.3) is 0 Å². The van der Waals surface area contributed by atoms with E-state index in [1.165, 1.54) is 7.11 Å². The van der Waals surface area contributed by atoms with Gasteiger partial charge in [-0.3, -0.25) is 4.79 Å². The van der Waals surface area contributed by atoms with E-state index in [1.807, 2.05) is 0 Å². The summed E-state index contributed by atoms with van der Waals surface area (Å²) in [5.74, 6) is 0.586. The fourth-order valence-corrected chi connectivity index (χ4v) is 7.90. The Morgan fingerprint density at radius 2 is 1.34 bits per heavy atom. The molecule has 0 radical (unpaired) electrons. The van der Waals surface area contributed by atoms with Crippen LogP contribution in [0.3, 0.4) is 0 Å². The zero-order valence-electron chi connectivity index (χ0n) is 26.4. The summed E-state index contributed by atoms with van der Waals surface area (Å²) in [5, 5.41) is 0.259. The van der Waals surface area contributed by atoms with Crippen molar-refractivity contribution in [1.29, 1.82) is 0 Å². The van der Waals surface area contributed by atoms with E-state index in [0.717, 1.165) is 51.2 Å². The zero-order chi connectivity index (χ0) is 29.4. The molecule has 38 heavy (non-hydrogen) atoms. The molecule has 0 saturated heterocycles. The van der Waals surface area contributed by atoms with Gasteiger partial charge in [0.2, 0.25) is 0 Å². The first-order valence-electron chi connectivity index (χ1n) is 14.6. The van der Waals surface area contributed by atoms with Gasteiger partial charge in [-0.15, -0.1) is 0 Å². The summed E-state index contributed by atoms with van der Waals surface area (Å²) < 4.78 is 24.4. The smallest absolute Gasteiger partial charge is 0.305 e. The molecular formula is C29H59O6PSi2. The maximum absolute atomic E-state index is 11.6. The van der Waals surface area contributed by atoms with Gasteiger partial charge >= 0.3 is 5.97 Å². The lowest BCUT2D eigenvalue weighted by Crippen LogP contribution is -2.45. The number of ether oxygens (including phenoxy) is 1. The van der Waals surface area contributed by atoms with Crippen molar-refractivity contribution in [1.82, 2.24) is 0 Å². The number of unbranched alkanes of at least 4 members (excludes halogenated alkanes) is 3. The van der Waals surface area contributed by atoms with Crippen LogP contribution in [-0.4, -0.2) is 54.3 Å². The van der Waals surface area contributed by atoms with Crippen LogP contribution in [0.4, 0.5) is 0 Å². The Balaban J connectivity index is 3.18. The lowest BCUT2D eigenvalue weighted by Gasteiger charge is -2.40. The molecule has 0 bridgehead atoms. The monoisotopic (exact) mass is 590 g/mol. The second kappa shape index (κ2) is 15.2. The average Bonchev–Trinajstić information content (AvgIpc) is 3.09. The normalized spacial score (nSPS) is 23.9. The third-order valence-electron chi connectivity index (χ3n) is 9.48. The molecule has 1 saturated carbocycles. The average molecular weight is 591 g/mol. The van der Waals surface area contributed by atoms with E-state index in [4.69, 9.17) is 18.1 Å². The maximum Gasteiger partial charge on any atom is 0.305 e. The number of hydrogen-bond donors (Lipinski definition) is 0. The highest BCUT2D eigenvalue weighted by Crippen LogP contribution is 2.49. The summed E-state index contributed by atoms with van der Waals surface area (Å²) in [5.41, 5.74) is 0. The number of aldehydes is 1. The van der Waals surface area contributed by atoms with Crippen molar-refractivity contribution in [3.63, 3.8) is 0 Å². The fourth-order valence-electron chi connectivity index (χ4n) is 4.94. The Kier molecular flexibility index (Phi) is 14.4. The first-order valence-corrected chi connectivity index (χ1v) is 20.9. The molecule has 224 valence electrons. The molecule has 1 aliphatic carbocycles. The van der Waals surface area contributed by atoms with E-state index < -0.39 is 22.7 Å². The van der Waals surface area contributed by atoms with Gasteiger partial charge in [-0.05, 0) is 80.2 Å². The van der Waals surface area contributed by atoms with Crippen molar-refractivity contribution in [2.45, 2.75) is 154 Å². The first kappa shape index (κ1) is 35.9. The van der Waals surface area contributed by atoms with Crippen molar-refractivity contribution in [2.24, 2.45) is 11.8 Å². The van der Waals surface area contributed by atoms with Crippen LogP contribution < -0.4 is 0 Å². The Bertz CT molecular complexity index is 732. The number of hydrogen-bond acceptors (Lipinski definition) is 6. The Morgan fingerprint density at radius 1 is 0.868 bits per heavy atom. The standard InChI is InChI=1S/C29H59O6PSi2/c1-28(2,3)37(8,9)34-25-20-26(35-38(10,11)29(4,5)6)24(19-18-22(21-30)33-36)23(25)16-14-12-13-15-17-27(31)32-7/h21-26H,12-20,36H2,1-11H3/t22?,23-,24-,25?,26?/m1/s1. The summed E-state index contributed by atoms with van der Waals surface area (Å²) >= 11 is 0. The minimum atomic E-state index is -2.00. The maximum atomic E-state index is 11.6. The van der Waals surface area contributed by atoms with E-state index in [2.05, 4.69) is 77.2 Å². The fraction of sp³-hybridized carbons (Fsp3) is 0.931. The first-order chi connectivity index (χ1) is 17.4. The number of carbonyl (C=O) groups excluding carboxylic acids is 2. The summed E-state index contributed by atoms with van der Waals surface area (Å²) in [6, 6.07) is 0. The van der Waals surface area contributed by atoms with Crippen LogP contribution in [0, 0.1) is 11.8 Å². The van der Waals surface area contributed by atoms with Gasteiger partial charge in [-0.25, -0.2) is 0 Å². The Morgan fingerprint density at radius 3 is 1.76 bits per heavy atom. The van der Waals surface area contributed by atoms with Crippen molar-refractivity contribution < 1.29 is 27.7 Å². The number of esters is 1. The van der Waals surface area contributed by atoms with Gasteiger partial charge in [0, 0.05) is 15.9 Å². The number of rotatable bonds is 16. The van der Waals surface area contributed by atoms with Crippen LogP contribution in [-0.2, 0) is 27.7 Å². The third kappa shape index (κ3) is 10.7. The summed E-state index contributed by atoms with van der Waals surface area (Å²) in [6.07, 6.45) is 8.95. The topological polar surface area (TPSA) is 71.1 Å². The second-order valence-corrected chi connectivity index (χ2v) is 24.1. The molecule has 1 aliphatic rings. The van der Waals surface area contributed by atoms with Gasteiger partial charge in [0.1, 0.15) is 12.4 Å². The highest BCUT2D eigenvalue weighted by atomic mass is 31.0. The predicted octanol–water partition coefficient (Wildman–Crippen LogP) is 8.07. The molecule has 1 fully saturated rings. The summed E-state index contributed by atoms with van der Waals surface area (Å²) in [7, 11) is -0.279. The van der Waals surface area contributed by atoms with Crippen LogP contribution >= 0.6 is 9.47 Å². The highest BCUT2D eigenvalue weighted by molar-refractivity contribution is 7.09. The van der Waals surface area contributed by atoms with Gasteiger partial charge < -0.3 is 22.9 Å². The molecule has 0 heterocycles. The molecular weight excluding hydrogens is 531 g/mol. The van der Waals surface area contributed by atoms with Gasteiger partial charge in [0.15, 0.2) is 16.6 Å². The van der Waals surface area contributed by atoms with Crippen LogP contribution in [0.1, 0.15) is 99.3 Å². The molecule has 9 heteroatoms. The van der Waals surface area contributed by atoms with Crippen molar-refractivity contribution >= 4 is 38.4 Å². The Hall–Kier alpha value is -0.116. The van der Waals surface area contributed by atoms with E-state index >= 15 is 0 Å². The van der Waals surface area contributed by atoms with Gasteiger partial charge in [-0.2, -0.15) is 0 Å². The number of methoxy groups -OCH3 is 1. The molecule has 0 N–H and O–H groups in total. The molecule has 0 aromatic carbocycles. The molecule has 0 aromatic heterocycles. The Labute approximate surface area is 238 Å². The molecule has 0 amide bonds. The minimum Gasteiger partial charge on any atom is -0.469 e. The van der Waals surface area contributed by atoms with Crippen molar-refractivity contribution in [3.8, 4) is 0 Å². The molecule has 1 rings (SSSR count). The molecule has 6 atom stereocenters.